The topological polar surface area (TPSA) is 91.6 Å². The number of ether oxygens (including phenoxy) is 2. The molecule has 0 radical (unpaired) electrons. The molecule has 0 atom stereocenters. The molecule has 8 heteroatoms. The predicted octanol–water partition coefficient (Wildman–Crippen LogP) is 2.54. The van der Waals surface area contributed by atoms with Crippen molar-refractivity contribution in [2.75, 3.05) is 14.2 Å². The Morgan fingerprint density at radius 2 is 1.75 bits per heavy atom. The average molecular weight is 440 g/mol. The molecule has 3 rings (SSSR count). The van der Waals surface area contributed by atoms with Gasteiger partial charge in [-0.05, 0) is 30.5 Å². The normalized spacial score (nSPS) is 11.0. The van der Waals surface area contributed by atoms with Gasteiger partial charge in [0.05, 0.1) is 25.1 Å². The van der Waals surface area contributed by atoms with Crippen LogP contribution in [0.15, 0.2) is 52.1 Å². The molecule has 0 aliphatic heterocycles. The van der Waals surface area contributed by atoms with Crippen molar-refractivity contribution in [3.63, 3.8) is 0 Å². The summed E-state index contributed by atoms with van der Waals surface area (Å²) in [5.74, 6) is 1.09. The molecule has 3 aromatic rings. The monoisotopic (exact) mass is 439 g/mol. The summed E-state index contributed by atoms with van der Waals surface area (Å²) in [6.07, 6.45) is 0.690. The first-order valence-corrected chi connectivity index (χ1v) is 10.6. The molecule has 32 heavy (non-hydrogen) atoms. The van der Waals surface area contributed by atoms with E-state index < -0.39 is 5.69 Å². The van der Waals surface area contributed by atoms with E-state index in [1.165, 1.54) is 16.2 Å². The number of carbonyl (C=O) groups excluding carboxylic acids is 1. The van der Waals surface area contributed by atoms with Crippen molar-refractivity contribution in [3.8, 4) is 11.5 Å². The highest BCUT2D eigenvalue weighted by Crippen LogP contribution is 2.30. The Bertz CT molecular complexity index is 1230. The van der Waals surface area contributed by atoms with Crippen molar-refractivity contribution in [3.05, 3.63) is 68.9 Å². The number of para-hydroxylation sites is 2. The standard InChI is InChI=1S/C24H29N3O5/c1-16(2)12-13-26-23(29)18-9-5-6-10-19(18)27(24(26)30)15-21(28)25-14-17-8-7-11-20(31-3)22(17)32-4/h5-11,16H,12-15H2,1-4H3,(H,25,28). The first-order valence-electron chi connectivity index (χ1n) is 10.6. The summed E-state index contributed by atoms with van der Waals surface area (Å²) in [5, 5.41) is 3.24. The largest absolute Gasteiger partial charge is 0.493 e. The average Bonchev–Trinajstić information content (AvgIpc) is 2.79. The predicted molar refractivity (Wildman–Crippen MR) is 123 cm³/mol. The molecular formula is C24H29N3O5. The summed E-state index contributed by atoms with van der Waals surface area (Å²) in [7, 11) is 3.08. The highest BCUT2D eigenvalue weighted by atomic mass is 16.5. The molecule has 0 unspecified atom stereocenters. The fourth-order valence-corrected chi connectivity index (χ4v) is 3.59. The van der Waals surface area contributed by atoms with Crippen LogP contribution in [0.2, 0.25) is 0 Å². The number of fused-ring (bicyclic) bond motifs is 1. The lowest BCUT2D eigenvalue weighted by atomic mass is 10.1. The van der Waals surface area contributed by atoms with E-state index >= 15 is 0 Å². The van der Waals surface area contributed by atoms with Crippen LogP contribution in [-0.4, -0.2) is 29.3 Å². The first kappa shape index (κ1) is 23.1. The third-order valence-corrected chi connectivity index (χ3v) is 5.32. The molecule has 0 spiro atoms. The van der Waals surface area contributed by atoms with E-state index in [0.29, 0.717) is 41.3 Å². The number of nitrogens with one attached hydrogen (secondary N) is 1. The molecule has 170 valence electrons. The quantitative estimate of drug-likeness (QED) is 0.553. The maximum Gasteiger partial charge on any atom is 0.331 e. The molecule has 1 aromatic heterocycles. The second-order valence-electron chi connectivity index (χ2n) is 7.95. The van der Waals surface area contributed by atoms with Gasteiger partial charge in [-0.3, -0.25) is 18.7 Å². The van der Waals surface area contributed by atoms with E-state index in [0.717, 1.165) is 5.56 Å². The van der Waals surface area contributed by atoms with Gasteiger partial charge in [-0.15, -0.1) is 0 Å². The van der Waals surface area contributed by atoms with Crippen LogP contribution in [0.4, 0.5) is 0 Å². The minimum absolute atomic E-state index is 0.201. The van der Waals surface area contributed by atoms with E-state index in [-0.39, 0.29) is 24.6 Å². The molecule has 0 aliphatic rings. The Morgan fingerprint density at radius 3 is 2.44 bits per heavy atom. The van der Waals surface area contributed by atoms with Gasteiger partial charge in [0.2, 0.25) is 5.91 Å². The van der Waals surface area contributed by atoms with Gasteiger partial charge >= 0.3 is 5.69 Å². The molecule has 1 amide bonds. The minimum Gasteiger partial charge on any atom is -0.493 e. The zero-order valence-electron chi connectivity index (χ0n) is 18.9. The maximum absolute atomic E-state index is 13.1. The van der Waals surface area contributed by atoms with Crippen molar-refractivity contribution < 1.29 is 14.3 Å². The molecule has 8 nitrogen and oxygen atoms in total. The van der Waals surface area contributed by atoms with E-state index in [9.17, 15) is 14.4 Å². The van der Waals surface area contributed by atoms with Gasteiger partial charge in [0.1, 0.15) is 6.54 Å². The van der Waals surface area contributed by atoms with Crippen molar-refractivity contribution in [1.82, 2.24) is 14.5 Å². The van der Waals surface area contributed by atoms with E-state index in [1.807, 2.05) is 26.0 Å². The van der Waals surface area contributed by atoms with Crippen LogP contribution >= 0.6 is 0 Å². The number of carbonyl (C=O) groups is 1. The lowest BCUT2D eigenvalue weighted by Crippen LogP contribution is -2.42. The van der Waals surface area contributed by atoms with Gasteiger partial charge in [0, 0.05) is 18.7 Å². The van der Waals surface area contributed by atoms with Crippen molar-refractivity contribution in [1.29, 1.82) is 0 Å². The number of methoxy groups -OCH3 is 2. The Hall–Kier alpha value is -3.55. The number of aromatic nitrogens is 2. The zero-order valence-corrected chi connectivity index (χ0v) is 18.9. The molecule has 0 saturated carbocycles. The van der Waals surface area contributed by atoms with Crippen LogP contribution in [-0.2, 0) is 24.4 Å². The number of amides is 1. The van der Waals surface area contributed by atoms with Gasteiger partial charge in [-0.25, -0.2) is 4.79 Å². The lowest BCUT2D eigenvalue weighted by molar-refractivity contribution is -0.121. The van der Waals surface area contributed by atoms with E-state index in [2.05, 4.69) is 5.32 Å². The molecule has 1 heterocycles. The molecular weight excluding hydrogens is 410 g/mol. The summed E-state index contributed by atoms with van der Waals surface area (Å²) in [4.78, 5) is 38.8. The lowest BCUT2D eigenvalue weighted by Gasteiger charge is -2.16. The second kappa shape index (κ2) is 10.2. The van der Waals surface area contributed by atoms with Crippen molar-refractivity contribution in [2.24, 2.45) is 5.92 Å². The molecule has 0 saturated heterocycles. The third-order valence-electron chi connectivity index (χ3n) is 5.32. The highest BCUT2D eigenvalue weighted by Gasteiger charge is 2.16. The zero-order chi connectivity index (χ0) is 23.3. The summed E-state index contributed by atoms with van der Waals surface area (Å²) >= 11 is 0. The first-order chi connectivity index (χ1) is 15.4. The molecule has 0 fully saturated rings. The van der Waals surface area contributed by atoms with Crippen molar-refractivity contribution in [2.45, 2.75) is 39.9 Å². The maximum atomic E-state index is 13.1. The molecule has 0 aliphatic carbocycles. The number of benzene rings is 2. The third kappa shape index (κ3) is 4.85. The van der Waals surface area contributed by atoms with Crippen LogP contribution < -0.4 is 26.0 Å². The number of hydrogen-bond donors (Lipinski definition) is 1. The Labute approximate surface area is 186 Å². The minimum atomic E-state index is -0.483. The van der Waals surface area contributed by atoms with Gasteiger partial charge < -0.3 is 14.8 Å². The number of nitrogens with zero attached hydrogens (tertiary/aromatic N) is 2. The summed E-state index contributed by atoms with van der Waals surface area (Å²) < 4.78 is 13.3. The van der Waals surface area contributed by atoms with Crippen LogP contribution in [0.5, 0.6) is 11.5 Å². The summed E-state index contributed by atoms with van der Waals surface area (Å²) in [6.45, 7) is 4.38. The van der Waals surface area contributed by atoms with E-state index in [4.69, 9.17) is 9.47 Å². The van der Waals surface area contributed by atoms with Crippen LogP contribution in [0.1, 0.15) is 25.8 Å². The Morgan fingerprint density at radius 1 is 1.00 bits per heavy atom. The fraction of sp³-hybridized carbons (Fsp3) is 0.375. The number of rotatable bonds is 9. The van der Waals surface area contributed by atoms with Crippen LogP contribution in [0, 0.1) is 5.92 Å². The van der Waals surface area contributed by atoms with Gasteiger partial charge in [-0.2, -0.15) is 0 Å². The van der Waals surface area contributed by atoms with Crippen LogP contribution in [0.3, 0.4) is 0 Å². The molecule has 2 aromatic carbocycles. The Balaban J connectivity index is 1.89. The molecule has 1 N–H and O–H groups in total. The van der Waals surface area contributed by atoms with Gasteiger partial charge in [0.25, 0.3) is 5.56 Å². The summed E-state index contributed by atoms with van der Waals surface area (Å²) in [5.41, 5.74) is 0.379. The smallest absolute Gasteiger partial charge is 0.331 e. The Kier molecular flexibility index (Phi) is 7.35. The van der Waals surface area contributed by atoms with E-state index in [1.54, 1.807) is 37.4 Å². The van der Waals surface area contributed by atoms with Crippen molar-refractivity contribution >= 4 is 16.8 Å². The summed E-state index contributed by atoms with van der Waals surface area (Å²) in [6, 6.07) is 12.3. The number of hydrogen-bond acceptors (Lipinski definition) is 5. The highest BCUT2D eigenvalue weighted by molar-refractivity contribution is 5.81. The van der Waals surface area contributed by atoms with Crippen LogP contribution in [0.25, 0.3) is 10.9 Å². The SMILES string of the molecule is COc1cccc(CNC(=O)Cn2c(=O)n(CCC(C)C)c(=O)c3ccccc32)c1OC. The molecule has 0 bridgehead atoms. The van der Waals surface area contributed by atoms with Gasteiger partial charge in [-0.1, -0.05) is 38.1 Å². The second-order valence-corrected chi connectivity index (χ2v) is 7.95. The van der Waals surface area contributed by atoms with Gasteiger partial charge in [0.15, 0.2) is 11.5 Å². The fourth-order valence-electron chi connectivity index (χ4n) is 3.59.